The summed E-state index contributed by atoms with van der Waals surface area (Å²) in [6.07, 6.45) is 3.31. The van der Waals surface area contributed by atoms with Gasteiger partial charge in [0.05, 0.1) is 28.1 Å². The highest BCUT2D eigenvalue weighted by atomic mass is 16.6. The van der Waals surface area contributed by atoms with Crippen LogP contribution in [0.5, 0.6) is 0 Å². The molecule has 0 spiro atoms. The van der Waals surface area contributed by atoms with Crippen molar-refractivity contribution in [2.45, 2.75) is 6.54 Å². The predicted molar refractivity (Wildman–Crippen MR) is 80.0 cm³/mol. The highest BCUT2D eigenvalue weighted by Crippen LogP contribution is 2.32. The Balaban J connectivity index is 1.98. The van der Waals surface area contributed by atoms with Crippen molar-refractivity contribution in [2.75, 3.05) is 5.32 Å². The van der Waals surface area contributed by atoms with Crippen LogP contribution in [0.2, 0.25) is 0 Å². The molecule has 0 fully saturated rings. The molecule has 0 atom stereocenters. The number of nitro benzene ring substituents is 1. The second-order valence-electron chi connectivity index (χ2n) is 4.46. The topological polar surface area (TPSA) is 81.0 Å². The Morgan fingerprint density at radius 3 is 2.67 bits per heavy atom. The number of hydrogen-bond donors (Lipinski definition) is 1. The first-order valence-corrected chi connectivity index (χ1v) is 6.41. The molecule has 0 amide bonds. The zero-order valence-corrected chi connectivity index (χ0v) is 11.1. The van der Waals surface area contributed by atoms with E-state index in [2.05, 4.69) is 15.3 Å². The number of fused-ring (bicyclic) bond motifs is 1. The average Bonchev–Trinajstić information content (AvgIpc) is 2.53. The molecule has 3 aromatic rings. The molecule has 0 aliphatic heterocycles. The van der Waals surface area contributed by atoms with Crippen LogP contribution < -0.4 is 5.32 Å². The Labute approximate surface area is 120 Å². The Morgan fingerprint density at radius 2 is 1.90 bits per heavy atom. The van der Waals surface area contributed by atoms with E-state index in [-0.39, 0.29) is 10.6 Å². The van der Waals surface area contributed by atoms with E-state index in [4.69, 9.17) is 0 Å². The number of pyridine rings is 2. The normalized spacial score (nSPS) is 10.5. The summed E-state index contributed by atoms with van der Waals surface area (Å²) in [4.78, 5) is 19.3. The molecule has 104 valence electrons. The molecular formula is C15H12N4O2. The highest BCUT2D eigenvalue weighted by Gasteiger charge is 2.18. The number of hydrogen-bond acceptors (Lipinski definition) is 5. The quantitative estimate of drug-likeness (QED) is 0.586. The minimum atomic E-state index is -0.384. The summed E-state index contributed by atoms with van der Waals surface area (Å²) in [5, 5.41) is 15.0. The molecule has 0 unspecified atom stereocenters. The summed E-state index contributed by atoms with van der Waals surface area (Å²) in [5.74, 6) is 0. The van der Waals surface area contributed by atoms with Gasteiger partial charge < -0.3 is 5.32 Å². The molecule has 0 radical (unpaired) electrons. The summed E-state index contributed by atoms with van der Waals surface area (Å²) in [5.41, 5.74) is 1.92. The van der Waals surface area contributed by atoms with Crippen LogP contribution in [0.1, 0.15) is 5.69 Å². The minimum Gasteiger partial charge on any atom is -0.374 e. The largest absolute Gasteiger partial charge is 0.374 e. The van der Waals surface area contributed by atoms with Crippen molar-refractivity contribution in [2.24, 2.45) is 0 Å². The van der Waals surface area contributed by atoms with E-state index in [1.54, 1.807) is 36.7 Å². The summed E-state index contributed by atoms with van der Waals surface area (Å²) in [6, 6.07) is 12.4. The molecule has 1 aromatic carbocycles. The van der Waals surface area contributed by atoms with E-state index in [0.29, 0.717) is 23.1 Å². The van der Waals surface area contributed by atoms with Crippen LogP contribution >= 0.6 is 0 Å². The van der Waals surface area contributed by atoms with Crippen LogP contribution in [0.4, 0.5) is 11.4 Å². The van der Waals surface area contributed by atoms with Crippen LogP contribution in [0.15, 0.2) is 54.9 Å². The fourth-order valence-corrected chi connectivity index (χ4v) is 2.16. The van der Waals surface area contributed by atoms with Gasteiger partial charge in [-0.05, 0) is 36.4 Å². The molecule has 0 saturated carbocycles. The third-order valence-corrected chi connectivity index (χ3v) is 3.13. The number of aromatic nitrogens is 2. The summed E-state index contributed by atoms with van der Waals surface area (Å²) < 4.78 is 0. The van der Waals surface area contributed by atoms with Gasteiger partial charge in [-0.15, -0.1) is 0 Å². The Bertz CT molecular complexity index is 790. The van der Waals surface area contributed by atoms with Crippen LogP contribution in [0.3, 0.4) is 0 Å². The molecular weight excluding hydrogens is 268 g/mol. The van der Waals surface area contributed by atoms with Gasteiger partial charge in [0.15, 0.2) is 0 Å². The lowest BCUT2D eigenvalue weighted by molar-refractivity contribution is -0.382. The number of nitro groups is 1. The van der Waals surface area contributed by atoms with E-state index >= 15 is 0 Å². The Kier molecular flexibility index (Phi) is 3.42. The molecule has 0 aliphatic rings. The van der Waals surface area contributed by atoms with Gasteiger partial charge in [0.25, 0.3) is 0 Å². The van der Waals surface area contributed by atoms with Crippen molar-refractivity contribution < 1.29 is 4.92 Å². The highest BCUT2D eigenvalue weighted by molar-refractivity contribution is 5.94. The van der Waals surface area contributed by atoms with Crippen molar-refractivity contribution in [3.05, 3.63) is 70.7 Å². The predicted octanol–water partition coefficient (Wildman–Crippen LogP) is 3.15. The molecule has 3 rings (SSSR count). The lowest BCUT2D eigenvalue weighted by atomic mass is 10.1. The smallest absolute Gasteiger partial charge is 0.301 e. The van der Waals surface area contributed by atoms with Gasteiger partial charge in [0.1, 0.15) is 5.69 Å². The van der Waals surface area contributed by atoms with Crippen molar-refractivity contribution in [3.8, 4) is 0 Å². The molecule has 6 heteroatoms. The van der Waals surface area contributed by atoms with Crippen molar-refractivity contribution in [1.82, 2.24) is 9.97 Å². The zero-order chi connectivity index (χ0) is 14.7. The average molecular weight is 280 g/mol. The van der Waals surface area contributed by atoms with Gasteiger partial charge in [0, 0.05) is 12.4 Å². The number of anilines is 1. The van der Waals surface area contributed by atoms with Crippen LogP contribution in [-0.2, 0) is 6.54 Å². The van der Waals surface area contributed by atoms with Crippen LogP contribution in [0.25, 0.3) is 10.9 Å². The lowest BCUT2D eigenvalue weighted by Crippen LogP contribution is -2.04. The monoisotopic (exact) mass is 280 g/mol. The number of nitrogens with one attached hydrogen (secondary N) is 1. The third kappa shape index (κ3) is 2.64. The summed E-state index contributed by atoms with van der Waals surface area (Å²) >= 11 is 0. The second-order valence-corrected chi connectivity index (χ2v) is 4.46. The SMILES string of the molecule is O=[N+]([O-])c1c(NCc2ccccn2)ccc2ncccc12. The van der Waals surface area contributed by atoms with E-state index in [9.17, 15) is 10.1 Å². The third-order valence-electron chi connectivity index (χ3n) is 3.13. The first-order valence-electron chi connectivity index (χ1n) is 6.41. The van der Waals surface area contributed by atoms with Crippen molar-refractivity contribution in [1.29, 1.82) is 0 Å². The maximum Gasteiger partial charge on any atom is 0.301 e. The summed E-state index contributed by atoms with van der Waals surface area (Å²) in [6.45, 7) is 0.424. The van der Waals surface area contributed by atoms with E-state index in [1.807, 2.05) is 18.2 Å². The summed E-state index contributed by atoms with van der Waals surface area (Å²) in [7, 11) is 0. The standard InChI is InChI=1S/C15H12N4O2/c20-19(21)15-12-5-3-9-17-13(12)6-7-14(15)18-10-11-4-1-2-8-16-11/h1-9,18H,10H2. The Morgan fingerprint density at radius 1 is 1.05 bits per heavy atom. The number of nitrogens with zero attached hydrogens (tertiary/aromatic N) is 3. The van der Waals surface area contributed by atoms with Crippen molar-refractivity contribution in [3.63, 3.8) is 0 Å². The van der Waals surface area contributed by atoms with E-state index < -0.39 is 0 Å². The molecule has 0 bridgehead atoms. The van der Waals surface area contributed by atoms with Gasteiger partial charge in [-0.1, -0.05) is 6.07 Å². The van der Waals surface area contributed by atoms with Gasteiger partial charge in [-0.25, -0.2) is 0 Å². The second kappa shape index (κ2) is 5.54. The molecule has 0 aliphatic carbocycles. The molecule has 0 saturated heterocycles. The molecule has 6 nitrogen and oxygen atoms in total. The first-order chi connectivity index (χ1) is 10.3. The van der Waals surface area contributed by atoms with Crippen molar-refractivity contribution >= 4 is 22.3 Å². The Hall–Kier alpha value is -3.02. The fraction of sp³-hybridized carbons (Fsp3) is 0.0667. The zero-order valence-electron chi connectivity index (χ0n) is 11.1. The van der Waals surface area contributed by atoms with Crippen LogP contribution in [0, 0.1) is 10.1 Å². The van der Waals surface area contributed by atoms with E-state index in [1.165, 1.54) is 0 Å². The first kappa shape index (κ1) is 13.0. The van der Waals surface area contributed by atoms with Gasteiger partial charge in [0.2, 0.25) is 0 Å². The maximum atomic E-state index is 11.4. The number of rotatable bonds is 4. The molecule has 21 heavy (non-hydrogen) atoms. The fourth-order valence-electron chi connectivity index (χ4n) is 2.16. The number of benzene rings is 1. The maximum absolute atomic E-state index is 11.4. The molecule has 2 aromatic heterocycles. The minimum absolute atomic E-state index is 0.0385. The molecule has 1 N–H and O–H groups in total. The van der Waals surface area contributed by atoms with E-state index in [0.717, 1.165) is 5.69 Å². The lowest BCUT2D eigenvalue weighted by Gasteiger charge is -2.08. The van der Waals surface area contributed by atoms with Gasteiger partial charge in [-0.2, -0.15) is 0 Å². The molecule has 2 heterocycles. The van der Waals surface area contributed by atoms with Crippen LogP contribution in [-0.4, -0.2) is 14.9 Å². The van der Waals surface area contributed by atoms with Gasteiger partial charge >= 0.3 is 5.69 Å². The van der Waals surface area contributed by atoms with Gasteiger partial charge in [-0.3, -0.25) is 20.1 Å².